The molecule has 0 spiro atoms. The quantitative estimate of drug-likeness (QED) is 0.534. The lowest BCUT2D eigenvalue weighted by atomic mass is 10.7. The molecule has 0 rings (SSSR count). The predicted octanol–water partition coefficient (Wildman–Crippen LogP) is 4.85. The lowest BCUT2D eigenvalue weighted by molar-refractivity contribution is -0.330. The summed E-state index contributed by atoms with van der Waals surface area (Å²) < 4.78 is 59.1. The lowest BCUT2D eigenvalue weighted by Crippen LogP contribution is -2.31. The molecular weight excluding hydrogens is 313 g/mol. The molecule has 0 saturated carbocycles. The summed E-state index contributed by atoms with van der Waals surface area (Å²) in [5.74, 6) is 0. The number of rotatable bonds is 3. The maximum atomic E-state index is 11.6. The van der Waals surface area contributed by atoms with Crippen molar-refractivity contribution in [2.24, 2.45) is 0 Å². The van der Waals surface area contributed by atoms with Crippen LogP contribution in [-0.2, 0) is 4.74 Å². The summed E-state index contributed by atoms with van der Waals surface area (Å²) >= 11 is 19.0. The topological polar surface area (TPSA) is 9.23 Å². The van der Waals surface area contributed by atoms with Crippen LogP contribution in [0.5, 0.6) is 0 Å². The Hall–Kier alpha value is 0.510. The van der Waals surface area contributed by atoms with Crippen LogP contribution in [0.4, 0.5) is 22.0 Å². The molecule has 1 atom stereocenters. The molecule has 0 aliphatic rings. The first-order chi connectivity index (χ1) is 6.63. The van der Waals surface area contributed by atoms with E-state index in [1.165, 1.54) is 0 Å². The van der Waals surface area contributed by atoms with Gasteiger partial charge in [-0.05, 0) is 0 Å². The van der Waals surface area contributed by atoms with Gasteiger partial charge in [0.2, 0.25) is 0 Å². The second kappa shape index (κ2) is 8.64. The fourth-order valence-electron chi connectivity index (χ4n) is 0.170. The van der Waals surface area contributed by atoms with Crippen LogP contribution >= 0.6 is 46.4 Å². The van der Waals surface area contributed by atoms with E-state index in [0.29, 0.717) is 0 Å². The van der Waals surface area contributed by atoms with E-state index >= 15 is 0 Å². The van der Waals surface area contributed by atoms with Gasteiger partial charge in [-0.3, -0.25) is 4.74 Å². The van der Waals surface area contributed by atoms with E-state index in [9.17, 15) is 22.0 Å². The second-order valence-electron chi connectivity index (χ2n) is 1.64. The summed E-state index contributed by atoms with van der Waals surface area (Å²) in [6, 6.07) is 0. The molecule has 15 heavy (non-hydrogen) atoms. The first-order valence-corrected chi connectivity index (χ1v) is 4.49. The fourth-order valence-corrected chi connectivity index (χ4v) is 0.222. The number of hydrogen-bond acceptors (Lipinski definition) is 1. The summed E-state index contributed by atoms with van der Waals surface area (Å²) in [4.78, 5) is 0. The van der Waals surface area contributed by atoms with E-state index in [1.54, 1.807) is 0 Å². The van der Waals surface area contributed by atoms with Gasteiger partial charge in [-0.1, -0.05) is 46.4 Å². The van der Waals surface area contributed by atoms with E-state index in [-0.39, 0.29) is 4.49 Å². The van der Waals surface area contributed by atoms with Crippen LogP contribution in [0.1, 0.15) is 0 Å². The Labute approximate surface area is 102 Å². The average Bonchev–Trinajstić information content (AvgIpc) is 2.02. The van der Waals surface area contributed by atoms with Crippen molar-refractivity contribution in [3.05, 3.63) is 10.0 Å². The van der Waals surface area contributed by atoms with Crippen LogP contribution in [0.2, 0.25) is 0 Å². The number of ether oxygens (including phenoxy) is 1. The van der Waals surface area contributed by atoms with Crippen molar-refractivity contribution < 1.29 is 26.7 Å². The number of halogens is 9. The highest BCUT2D eigenvalue weighted by Crippen LogP contribution is 2.27. The van der Waals surface area contributed by atoms with Gasteiger partial charge in [0.05, 0.1) is 0 Å². The minimum Gasteiger partial charge on any atom is -0.254 e. The van der Waals surface area contributed by atoms with Crippen molar-refractivity contribution in [3.63, 3.8) is 0 Å². The highest BCUT2D eigenvalue weighted by molar-refractivity contribution is 6.58. The monoisotopic (exact) mass is 314 g/mol. The van der Waals surface area contributed by atoms with Crippen LogP contribution in [0.3, 0.4) is 0 Å². The molecule has 0 aliphatic carbocycles. The Morgan fingerprint density at radius 1 is 1.20 bits per heavy atom. The summed E-state index contributed by atoms with van der Waals surface area (Å²) in [7, 11) is 0. The first kappa shape index (κ1) is 17.9. The normalized spacial score (nSPS) is 12.9. The molecule has 0 N–H and O–H groups in total. The zero-order valence-electron chi connectivity index (χ0n) is 6.54. The van der Waals surface area contributed by atoms with E-state index < -0.39 is 18.4 Å². The Bertz CT molecular complexity index is 194. The van der Waals surface area contributed by atoms with Gasteiger partial charge in [0.25, 0.3) is 5.63 Å². The molecule has 92 valence electrons. The zero-order valence-corrected chi connectivity index (χ0v) is 9.57. The van der Waals surface area contributed by atoms with Gasteiger partial charge in [-0.25, -0.2) is 4.39 Å². The van der Waals surface area contributed by atoms with Crippen LogP contribution in [0.25, 0.3) is 0 Å². The Morgan fingerprint density at radius 2 is 1.53 bits per heavy atom. The smallest absolute Gasteiger partial charge is 0.254 e. The van der Waals surface area contributed by atoms with Gasteiger partial charge >= 0.3 is 12.7 Å². The molecule has 0 aromatic carbocycles. The van der Waals surface area contributed by atoms with Crippen molar-refractivity contribution in [1.82, 2.24) is 0 Å². The van der Waals surface area contributed by atoms with Gasteiger partial charge in [0.15, 0.2) is 0 Å². The van der Waals surface area contributed by atoms with Crippen molar-refractivity contribution in [2.75, 3.05) is 0 Å². The minimum absolute atomic E-state index is 0.0895. The molecule has 1 nitrogen and oxygen atoms in total. The molecule has 0 amide bonds. The molecular formula is C5H3Cl4F5O. The molecule has 0 saturated heterocycles. The number of hydrogen-bond donors (Lipinski definition) is 0. The molecule has 0 bridgehead atoms. The highest BCUT2D eigenvalue weighted by Gasteiger charge is 2.43. The summed E-state index contributed by atoms with van der Waals surface area (Å²) in [6.45, 7) is -3.74. The van der Waals surface area contributed by atoms with E-state index in [4.69, 9.17) is 34.8 Å². The largest absolute Gasteiger partial charge is 0.405 e. The second-order valence-corrected chi connectivity index (χ2v) is 3.25. The maximum absolute atomic E-state index is 11.6. The Balaban J connectivity index is 0. The fraction of sp³-hybridized carbons (Fsp3) is 0.600. The van der Waals surface area contributed by atoms with Crippen LogP contribution in [0, 0.1) is 0 Å². The van der Waals surface area contributed by atoms with Crippen molar-refractivity contribution in [1.29, 1.82) is 0 Å². The molecule has 0 fully saturated rings. The van der Waals surface area contributed by atoms with E-state index in [2.05, 4.69) is 16.3 Å². The van der Waals surface area contributed by atoms with Crippen LogP contribution < -0.4 is 0 Å². The van der Waals surface area contributed by atoms with E-state index in [0.717, 1.165) is 5.54 Å². The molecule has 1 unspecified atom stereocenters. The molecule has 10 heteroatoms. The SMILES string of the molecule is ClC=C(Cl)Cl.FC(F)OC(F)(F)C(F)Cl. The Kier molecular flexibility index (Phi) is 10.3. The minimum atomic E-state index is -4.63. The first-order valence-electron chi connectivity index (χ1n) is 2.86. The zero-order chi connectivity index (χ0) is 12.6. The molecule has 0 heterocycles. The molecule has 0 aromatic rings. The summed E-state index contributed by atoms with van der Waals surface area (Å²) in [5, 5.41) is 0. The highest BCUT2D eigenvalue weighted by atomic mass is 35.5. The Morgan fingerprint density at radius 3 is 1.60 bits per heavy atom. The van der Waals surface area contributed by atoms with Gasteiger partial charge in [-0.15, -0.1) is 0 Å². The lowest BCUT2D eigenvalue weighted by Gasteiger charge is -2.14. The van der Waals surface area contributed by atoms with Crippen molar-refractivity contribution in [2.45, 2.75) is 18.4 Å². The van der Waals surface area contributed by atoms with Gasteiger partial charge < -0.3 is 0 Å². The van der Waals surface area contributed by atoms with E-state index in [1.807, 2.05) is 0 Å². The third-order valence-corrected chi connectivity index (χ3v) is 1.50. The average molecular weight is 316 g/mol. The van der Waals surface area contributed by atoms with Crippen molar-refractivity contribution >= 4 is 46.4 Å². The van der Waals surface area contributed by atoms with Crippen LogP contribution in [-0.4, -0.2) is 18.4 Å². The predicted molar refractivity (Wildman–Crippen MR) is 48.4 cm³/mol. The van der Waals surface area contributed by atoms with Crippen LogP contribution in [0.15, 0.2) is 10.0 Å². The standard InChI is InChI=1S/C3H2ClF5O.C2HCl3/c4-1(5)3(8,9)10-2(6)7;3-1-2(4)5/h1-2H;1H. The number of alkyl halides is 6. The van der Waals surface area contributed by atoms with Crippen molar-refractivity contribution in [3.8, 4) is 0 Å². The maximum Gasteiger partial charge on any atom is 0.405 e. The molecule has 0 aliphatic heterocycles. The van der Waals surface area contributed by atoms with Gasteiger partial charge in [0.1, 0.15) is 4.49 Å². The van der Waals surface area contributed by atoms with Gasteiger partial charge in [-0.2, -0.15) is 17.6 Å². The van der Waals surface area contributed by atoms with Gasteiger partial charge in [0, 0.05) is 5.54 Å². The molecule has 0 radical (unpaired) electrons. The molecule has 0 aromatic heterocycles. The third-order valence-electron chi connectivity index (χ3n) is 0.583. The third kappa shape index (κ3) is 12.4. The summed E-state index contributed by atoms with van der Waals surface area (Å²) in [6.07, 6.45) is -4.63. The summed E-state index contributed by atoms with van der Waals surface area (Å²) in [5.41, 5.74) is -2.18.